The van der Waals surface area contributed by atoms with Crippen molar-refractivity contribution in [3.63, 3.8) is 0 Å². The van der Waals surface area contributed by atoms with Gasteiger partial charge in [0.1, 0.15) is 5.75 Å². The number of ether oxygens (including phenoxy) is 1. The van der Waals surface area contributed by atoms with Gasteiger partial charge in [-0.25, -0.2) is 0 Å². The van der Waals surface area contributed by atoms with Crippen LogP contribution in [-0.4, -0.2) is 24.5 Å². The molecule has 3 rings (SSSR count). The molecule has 1 amide bonds. The summed E-state index contributed by atoms with van der Waals surface area (Å²) in [5, 5.41) is 9.09. The fourth-order valence-corrected chi connectivity index (χ4v) is 3.41. The highest BCUT2D eigenvalue weighted by atomic mass is 16.5. The average Bonchev–Trinajstić information content (AvgIpc) is 2.93. The van der Waals surface area contributed by atoms with Gasteiger partial charge in [-0.3, -0.25) is 4.79 Å². The maximum atomic E-state index is 13.1. The van der Waals surface area contributed by atoms with Crippen LogP contribution in [0.3, 0.4) is 0 Å². The zero-order chi connectivity index (χ0) is 17.6. The van der Waals surface area contributed by atoms with Gasteiger partial charge in [-0.2, -0.15) is 5.26 Å². The van der Waals surface area contributed by atoms with Crippen molar-refractivity contribution in [2.24, 2.45) is 0 Å². The Morgan fingerprint density at radius 3 is 2.68 bits per heavy atom. The molecule has 0 bridgehead atoms. The first kappa shape index (κ1) is 17.0. The number of methoxy groups -OCH3 is 1. The standard InChI is InChI=1S/C21H22N2O2/c1-25-19-11-9-17(10-12-19)20-8-3-2-4-13-23(20)21(24)18-7-5-6-16(14-18)15-22/h5-7,9-12,14,20H,2-4,8,13H2,1H3/t20-/m0/s1. The second kappa shape index (κ2) is 7.85. The highest BCUT2D eigenvalue weighted by Gasteiger charge is 2.27. The summed E-state index contributed by atoms with van der Waals surface area (Å²) in [6.45, 7) is 0.742. The van der Waals surface area contributed by atoms with Crippen LogP contribution in [0.4, 0.5) is 0 Å². The first-order valence-corrected chi connectivity index (χ1v) is 8.68. The number of carbonyl (C=O) groups excluding carboxylic acids is 1. The van der Waals surface area contributed by atoms with Gasteiger partial charge in [-0.05, 0) is 48.7 Å². The van der Waals surface area contributed by atoms with Gasteiger partial charge in [0.25, 0.3) is 5.91 Å². The van der Waals surface area contributed by atoms with Crippen LogP contribution in [0.2, 0.25) is 0 Å². The largest absolute Gasteiger partial charge is 0.497 e. The lowest BCUT2D eigenvalue weighted by Gasteiger charge is -2.30. The van der Waals surface area contributed by atoms with Gasteiger partial charge in [0.05, 0.1) is 24.8 Å². The van der Waals surface area contributed by atoms with Gasteiger partial charge in [0.2, 0.25) is 0 Å². The molecule has 0 spiro atoms. The molecule has 0 N–H and O–H groups in total. The Labute approximate surface area is 148 Å². The van der Waals surface area contributed by atoms with E-state index in [1.54, 1.807) is 31.4 Å². The summed E-state index contributed by atoms with van der Waals surface area (Å²) >= 11 is 0. The van der Waals surface area contributed by atoms with Crippen molar-refractivity contribution in [1.82, 2.24) is 4.90 Å². The molecule has 128 valence electrons. The molecule has 25 heavy (non-hydrogen) atoms. The maximum absolute atomic E-state index is 13.1. The second-order valence-electron chi connectivity index (χ2n) is 6.33. The molecule has 2 aromatic carbocycles. The number of nitrogens with zero attached hydrogens (tertiary/aromatic N) is 2. The Kier molecular flexibility index (Phi) is 5.35. The molecular weight excluding hydrogens is 312 g/mol. The monoisotopic (exact) mass is 334 g/mol. The first-order chi connectivity index (χ1) is 12.2. The van der Waals surface area contributed by atoms with E-state index < -0.39 is 0 Å². The van der Waals surface area contributed by atoms with Crippen molar-refractivity contribution in [3.8, 4) is 11.8 Å². The van der Waals surface area contributed by atoms with E-state index in [0.717, 1.165) is 43.5 Å². The van der Waals surface area contributed by atoms with Crippen LogP contribution in [0.15, 0.2) is 48.5 Å². The first-order valence-electron chi connectivity index (χ1n) is 8.68. The molecule has 0 aliphatic carbocycles. The summed E-state index contributed by atoms with van der Waals surface area (Å²) < 4.78 is 5.24. The van der Waals surface area contributed by atoms with E-state index in [-0.39, 0.29) is 11.9 Å². The number of nitriles is 1. The summed E-state index contributed by atoms with van der Waals surface area (Å²) in [6.07, 6.45) is 4.21. The van der Waals surface area contributed by atoms with Crippen molar-refractivity contribution < 1.29 is 9.53 Å². The summed E-state index contributed by atoms with van der Waals surface area (Å²) in [4.78, 5) is 15.1. The van der Waals surface area contributed by atoms with E-state index in [4.69, 9.17) is 10.00 Å². The van der Waals surface area contributed by atoms with E-state index >= 15 is 0 Å². The molecule has 0 radical (unpaired) electrons. The Morgan fingerprint density at radius 1 is 1.16 bits per heavy atom. The molecule has 0 aromatic heterocycles. The fraction of sp³-hybridized carbons (Fsp3) is 0.333. The van der Waals surface area contributed by atoms with E-state index in [9.17, 15) is 4.79 Å². The van der Waals surface area contributed by atoms with E-state index in [1.165, 1.54) is 0 Å². The van der Waals surface area contributed by atoms with Crippen LogP contribution >= 0.6 is 0 Å². The summed E-state index contributed by atoms with van der Waals surface area (Å²) in [5.74, 6) is 0.816. The number of likely N-dealkylation sites (tertiary alicyclic amines) is 1. The van der Waals surface area contributed by atoms with Crippen LogP contribution in [0.5, 0.6) is 5.75 Å². The molecule has 1 heterocycles. The topological polar surface area (TPSA) is 53.3 Å². The molecule has 1 aliphatic heterocycles. The van der Waals surface area contributed by atoms with Crippen molar-refractivity contribution in [1.29, 1.82) is 5.26 Å². The number of amides is 1. The predicted octanol–water partition coefficient (Wildman–Crippen LogP) is 4.32. The second-order valence-corrected chi connectivity index (χ2v) is 6.33. The minimum Gasteiger partial charge on any atom is -0.497 e. The molecule has 1 fully saturated rings. The molecule has 4 heteroatoms. The summed E-state index contributed by atoms with van der Waals surface area (Å²) in [6, 6.07) is 17.1. The molecule has 0 saturated carbocycles. The lowest BCUT2D eigenvalue weighted by atomic mass is 9.99. The van der Waals surface area contributed by atoms with E-state index in [2.05, 4.69) is 6.07 Å². The van der Waals surface area contributed by atoms with Gasteiger partial charge >= 0.3 is 0 Å². The number of rotatable bonds is 3. The van der Waals surface area contributed by atoms with Crippen molar-refractivity contribution >= 4 is 5.91 Å². The van der Waals surface area contributed by atoms with Crippen LogP contribution in [-0.2, 0) is 0 Å². The van der Waals surface area contributed by atoms with Crippen LogP contribution in [0.25, 0.3) is 0 Å². The quantitative estimate of drug-likeness (QED) is 0.840. The van der Waals surface area contributed by atoms with Gasteiger partial charge in [0, 0.05) is 12.1 Å². The van der Waals surface area contributed by atoms with Gasteiger partial charge < -0.3 is 9.64 Å². The SMILES string of the molecule is COc1ccc([C@@H]2CCCCCN2C(=O)c2cccc(C#N)c2)cc1. The Hall–Kier alpha value is -2.80. The molecule has 2 aromatic rings. The average molecular weight is 334 g/mol. The lowest BCUT2D eigenvalue weighted by molar-refractivity contribution is 0.0681. The number of hydrogen-bond donors (Lipinski definition) is 0. The van der Waals surface area contributed by atoms with Crippen LogP contribution < -0.4 is 4.74 Å². The summed E-state index contributed by atoms with van der Waals surface area (Å²) in [7, 11) is 1.65. The molecule has 0 unspecified atom stereocenters. The highest BCUT2D eigenvalue weighted by Crippen LogP contribution is 2.32. The third-order valence-corrected chi connectivity index (χ3v) is 4.75. The lowest BCUT2D eigenvalue weighted by Crippen LogP contribution is -2.34. The Morgan fingerprint density at radius 2 is 1.96 bits per heavy atom. The Bertz CT molecular complexity index is 777. The number of benzene rings is 2. The molecular formula is C21H22N2O2. The van der Waals surface area contributed by atoms with E-state index in [0.29, 0.717) is 11.1 Å². The smallest absolute Gasteiger partial charge is 0.254 e. The molecule has 1 saturated heterocycles. The van der Waals surface area contributed by atoms with Crippen LogP contribution in [0, 0.1) is 11.3 Å². The minimum atomic E-state index is -0.000168. The number of hydrogen-bond acceptors (Lipinski definition) is 3. The van der Waals surface area contributed by atoms with E-state index in [1.807, 2.05) is 29.2 Å². The zero-order valence-corrected chi connectivity index (χ0v) is 14.4. The third-order valence-electron chi connectivity index (χ3n) is 4.75. The Balaban J connectivity index is 1.91. The predicted molar refractivity (Wildman–Crippen MR) is 96.4 cm³/mol. The number of carbonyl (C=O) groups is 1. The fourth-order valence-electron chi connectivity index (χ4n) is 3.41. The molecule has 1 aliphatic rings. The normalized spacial score (nSPS) is 17.4. The van der Waals surface area contributed by atoms with Gasteiger partial charge in [-0.1, -0.05) is 31.0 Å². The third kappa shape index (κ3) is 3.83. The highest BCUT2D eigenvalue weighted by molar-refractivity contribution is 5.94. The van der Waals surface area contributed by atoms with Crippen molar-refractivity contribution in [2.75, 3.05) is 13.7 Å². The van der Waals surface area contributed by atoms with Crippen molar-refractivity contribution in [3.05, 3.63) is 65.2 Å². The van der Waals surface area contributed by atoms with Gasteiger partial charge in [-0.15, -0.1) is 0 Å². The van der Waals surface area contributed by atoms with Crippen LogP contribution in [0.1, 0.15) is 53.2 Å². The molecule has 1 atom stereocenters. The maximum Gasteiger partial charge on any atom is 0.254 e. The minimum absolute atomic E-state index is 0.000168. The zero-order valence-electron chi connectivity index (χ0n) is 14.4. The molecule has 4 nitrogen and oxygen atoms in total. The van der Waals surface area contributed by atoms with Gasteiger partial charge in [0.15, 0.2) is 0 Å². The summed E-state index contributed by atoms with van der Waals surface area (Å²) in [5.41, 5.74) is 2.23. The van der Waals surface area contributed by atoms with Crippen molar-refractivity contribution in [2.45, 2.75) is 31.7 Å².